The van der Waals surface area contributed by atoms with Crippen molar-refractivity contribution in [1.29, 1.82) is 0 Å². The summed E-state index contributed by atoms with van der Waals surface area (Å²) in [7, 11) is -2.25. The molecule has 6 heteroatoms. The quantitative estimate of drug-likeness (QED) is 0.821. The lowest BCUT2D eigenvalue weighted by Crippen LogP contribution is -2.42. The van der Waals surface area contributed by atoms with Gasteiger partial charge in [-0.1, -0.05) is 12.1 Å². The van der Waals surface area contributed by atoms with Crippen LogP contribution in [-0.4, -0.2) is 32.8 Å². The molecule has 0 radical (unpaired) electrons. The van der Waals surface area contributed by atoms with E-state index in [0.29, 0.717) is 5.75 Å². The summed E-state index contributed by atoms with van der Waals surface area (Å²) in [5, 5.41) is 10.1. The van der Waals surface area contributed by atoms with Crippen LogP contribution < -0.4 is 9.46 Å². The Kier molecular flexibility index (Phi) is 3.85. The van der Waals surface area contributed by atoms with Crippen molar-refractivity contribution in [2.75, 3.05) is 13.7 Å². The van der Waals surface area contributed by atoms with E-state index in [0.717, 1.165) is 12.8 Å². The third-order valence-electron chi connectivity index (χ3n) is 3.44. The first-order valence-corrected chi connectivity index (χ1v) is 7.70. The molecule has 106 valence electrons. The molecule has 1 unspecified atom stereocenters. The highest BCUT2D eigenvalue weighted by Crippen LogP contribution is 2.39. The number of sulfonamides is 1. The molecule has 1 aliphatic carbocycles. The molecule has 1 aromatic rings. The number of benzene rings is 1. The lowest BCUT2D eigenvalue weighted by atomic mass is 10.0. The van der Waals surface area contributed by atoms with E-state index in [1.54, 1.807) is 25.1 Å². The fraction of sp³-hybridized carbons (Fsp3) is 0.538. The number of nitrogens with one attached hydrogen (secondary N) is 1. The second kappa shape index (κ2) is 5.11. The highest BCUT2D eigenvalue weighted by atomic mass is 32.2. The summed E-state index contributed by atoms with van der Waals surface area (Å²) < 4.78 is 31.9. The Labute approximate surface area is 113 Å². The minimum absolute atomic E-state index is 0.0120. The van der Waals surface area contributed by atoms with Crippen LogP contribution in [0.3, 0.4) is 0 Å². The van der Waals surface area contributed by atoms with Gasteiger partial charge in [0, 0.05) is 6.54 Å². The second-order valence-corrected chi connectivity index (χ2v) is 6.84. The maximum absolute atomic E-state index is 12.2. The maximum Gasteiger partial charge on any atom is 0.244 e. The average molecular weight is 285 g/mol. The number of methoxy groups -OCH3 is 1. The van der Waals surface area contributed by atoms with Crippen molar-refractivity contribution in [3.63, 3.8) is 0 Å². The van der Waals surface area contributed by atoms with E-state index in [1.807, 2.05) is 0 Å². The van der Waals surface area contributed by atoms with Gasteiger partial charge in [0.1, 0.15) is 10.6 Å². The van der Waals surface area contributed by atoms with Crippen LogP contribution >= 0.6 is 0 Å². The molecular weight excluding hydrogens is 266 g/mol. The number of rotatable bonds is 6. The molecule has 0 aromatic heterocycles. The summed E-state index contributed by atoms with van der Waals surface area (Å²) >= 11 is 0. The zero-order chi connectivity index (χ0) is 14.1. The van der Waals surface area contributed by atoms with Gasteiger partial charge in [0.05, 0.1) is 12.7 Å². The van der Waals surface area contributed by atoms with E-state index in [-0.39, 0.29) is 17.4 Å². The SMILES string of the molecule is COc1ccccc1S(=O)(=O)NCC(C)(O)C1CC1. The number of hydrogen-bond acceptors (Lipinski definition) is 4. The number of aliphatic hydroxyl groups is 1. The summed E-state index contributed by atoms with van der Waals surface area (Å²) in [6.45, 7) is 1.67. The van der Waals surface area contributed by atoms with Crippen LogP contribution in [0.2, 0.25) is 0 Å². The minimum Gasteiger partial charge on any atom is -0.495 e. The van der Waals surface area contributed by atoms with Crippen LogP contribution in [0, 0.1) is 5.92 Å². The normalized spacial score (nSPS) is 18.9. The van der Waals surface area contributed by atoms with E-state index in [1.165, 1.54) is 13.2 Å². The predicted octanol–water partition coefficient (Wildman–Crippen LogP) is 1.13. The Morgan fingerprint density at radius 1 is 1.42 bits per heavy atom. The van der Waals surface area contributed by atoms with E-state index in [9.17, 15) is 13.5 Å². The molecule has 0 aliphatic heterocycles. The summed E-state index contributed by atoms with van der Waals surface area (Å²) in [5.74, 6) is 0.480. The van der Waals surface area contributed by atoms with Crippen LogP contribution in [0.4, 0.5) is 0 Å². The zero-order valence-electron chi connectivity index (χ0n) is 11.1. The Morgan fingerprint density at radius 3 is 2.63 bits per heavy atom. The fourth-order valence-electron chi connectivity index (χ4n) is 2.01. The first-order valence-electron chi connectivity index (χ1n) is 6.22. The lowest BCUT2D eigenvalue weighted by Gasteiger charge is -2.23. The average Bonchev–Trinajstić information content (AvgIpc) is 3.21. The first-order chi connectivity index (χ1) is 8.87. The molecule has 0 bridgehead atoms. The van der Waals surface area contributed by atoms with Gasteiger partial charge in [-0.05, 0) is 37.8 Å². The molecule has 1 aliphatic rings. The summed E-state index contributed by atoms with van der Waals surface area (Å²) in [4.78, 5) is 0.0871. The zero-order valence-corrected chi connectivity index (χ0v) is 11.9. The van der Waals surface area contributed by atoms with Gasteiger partial charge in [-0.3, -0.25) is 0 Å². The maximum atomic E-state index is 12.2. The lowest BCUT2D eigenvalue weighted by molar-refractivity contribution is 0.0422. The van der Waals surface area contributed by atoms with Gasteiger partial charge < -0.3 is 9.84 Å². The highest BCUT2D eigenvalue weighted by Gasteiger charge is 2.40. The van der Waals surface area contributed by atoms with Gasteiger partial charge in [0.15, 0.2) is 0 Å². The molecule has 5 nitrogen and oxygen atoms in total. The Hall–Kier alpha value is -1.11. The molecule has 0 amide bonds. The standard InChI is InChI=1S/C13H19NO4S/c1-13(15,10-7-8-10)9-14-19(16,17)12-6-4-3-5-11(12)18-2/h3-6,10,14-15H,7-9H2,1-2H3. The van der Waals surface area contributed by atoms with Gasteiger partial charge in [-0.2, -0.15) is 0 Å². The fourth-order valence-corrected chi connectivity index (χ4v) is 3.32. The topological polar surface area (TPSA) is 75.6 Å². The molecule has 1 fully saturated rings. The third-order valence-corrected chi connectivity index (χ3v) is 4.88. The van der Waals surface area contributed by atoms with Crippen molar-refractivity contribution < 1.29 is 18.3 Å². The van der Waals surface area contributed by atoms with Crippen LogP contribution in [0.15, 0.2) is 29.2 Å². The largest absolute Gasteiger partial charge is 0.495 e. The van der Waals surface area contributed by atoms with E-state index >= 15 is 0 Å². The van der Waals surface area contributed by atoms with Crippen LogP contribution in [0.25, 0.3) is 0 Å². The highest BCUT2D eigenvalue weighted by molar-refractivity contribution is 7.89. The van der Waals surface area contributed by atoms with Crippen molar-refractivity contribution >= 4 is 10.0 Å². The summed E-state index contributed by atoms with van der Waals surface area (Å²) in [6.07, 6.45) is 1.90. The molecule has 0 spiro atoms. The monoisotopic (exact) mass is 285 g/mol. The smallest absolute Gasteiger partial charge is 0.244 e. The van der Waals surface area contributed by atoms with Gasteiger partial charge in [-0.15, -0.1) is 0 Å². The van der Waals surface area contributed by atoms with Gasteiger partial charge in [0.2, 0.25) is 10.0 Å². The Bertz CT molecular complexity index is 550. The predicted molar refractivity (Wildman–Crippen MR) is 71.5 cm³/mol. The van der Waals surface area contributed by atoms with Crippen LogP contribution in [0.5, 0.6) is 5.75 Å². The molecule has 1 saturated carbocycles. The van der Waals surface area contributed by atoms with E-state index in [4.69, 9.17) is 4.74 Å². The second-order valence-electron chi connectivity index (χ2n) is 5.11. The van der Waals surface area contributed by atoms with Crippen LogP contribution in [0.1, 0.15) is 19.8 Å². The number of para-hydroxylation sites is 1. The van der Waals surface area contributed by atoms with Gasteiger partial charge in [0.25, 0.3) is 0 Å². The van der Waals surface area contributed by atoms with Crippen molar-refractivity contribution in [3.8, 4) is 5.75 Å². The first kappa shape index (κ1) is 14.3. The van der Waals surface area contributed by atoms with Crippen molar-refractivity contribution in [3.05, 3.63) is 24.3 Å². The van der Waals surface area contributed by atoms with Crippen molar-refractivity contribution in [2.45, 2.75) is 30.3 Å². The minimum atomic E-state index is -3.68. The molecule has 1 aromatic carbocycles. The molecular formula is C13H19NO4S. The molecule has 0 saturated heterocycles. The van der Waals surface area contributed by atoms with E-state index in [2.05, 4.69) is 4.72 Å². The molecule has 2 N–H and O–H groups in total. The summed E-state index contributed by atoms with van der Waals surface area (Å²) in [6, 6.07) is 6.41. The molecule has 2 rings (SSSR count). The Morgan fingerprint density at radius 2 is 2.05 bits per heavy atom. The number of ether oxygens (including phenoxy) is 1. The van der Waals surface area contributed by atoms with Crippen molar-refractivity contribution in [1.82, 2.24) is 4.72 Å². The molecule has 19 heavy (non-hydrogen) atoms. The molecule has 1 atom stereocenters. The van der Waals surface area contributed by atoms with Crippen LogP contribution in [-0.2, 0) is 10.0 Å². The summed E-state index contributed by atoms with van der Waals surface area (Å²) in [5.41, 5.74) is -0.991. The van der Waals surface area contributed by atoms with Crippen molar-refractivity contribution in [2.24, 2.45) is 5.92 Å². The van der Waals surface area contributed by atoms with Gasteiger partial charge in [-0.25, -0.2) is 13.1 Å². The number of hydrogen-bond donors (Lipinski definition) is 2. The van der Waals surface area contributed by atoms with E-state index < -0.39 is 15.6 Å². The van der Waals surface area contributed by atoms with Gasteiger partial charge >= 0.3 is 0 Å². The molecule has 0 heterocycles. The Balaban J connectivity index is 2.14. The third kappa shape index (κ3) is 3.26.